The molecule has 1 aliphatic carbocycles. The highest BCUT2D eigenvalue weighted by Gasteiger charge is 2.30. The van der Waals surface area contributed by atoms with Gasteiger partial charge >= 0.3 is 0 Å². The Kier molecular flexibility index (Phi) is 2.09. The molecule has 0 saturated heterocycles. The number of imidazole rings is 1. The van der Waals surface area contributed by atoms with Crippen molar-refractivity contribution in [3.8, 4) is 0 Å². The van der Waals surface area contributed by atoms with E-state index in [-0.39, 0.29) is 5.41 Å². The average Bonchev–Trinajstić information content (AvgIpc) is 2.70. The van der Waals surface area contributed by atoms with Crippen LogP contribution < -0.4 is 0 Å². The summed E-state index contributed by atoms with van der Waals surface area (Å²) in [7, 11) is 0. The van der Waals surface area contributed by atoms with Crippen LogP contribution in [0.5, 0.6) is 0 Å². The quantitative estimate of drug-likeness (QED) is 0.691. The molecular formula is C13H14N2OS. The van der Waals surface area contributed by atoms with Crippen LogP contribution in [0.2, 0.25) is 0 Å². The van der Waals surface area contributed by atoms with Gasteiger partial charge < -0.3 is 10.1 Å². The molecule has 0 amide bonds. The smallest absolute Gasteiger partial charge is 0.182 e. The van der Waals surface area contributed by atoms with Crippen molar-refractivity contribution in [1.82, 2.24) is 9.55 Å². The van der Waals surface area contributed by atoms with E-state index in [2.05, 4.69) is 31.0 Å². The van der Waals surface area contributed by atoms with E-state index in [1.807, 2.05) is 16.7 Å². The molecule has 0 spiro atoms. The molecule has 2 heterocycles. The van der Waals surface area contributed by atoms with Gasteiger partial charge in [-0.1, -0.05) is 32.1 Å². The third-order valence-electron chi connectivity index (χ3n) is 3.28. The van der Waals surface area contributed by atoms with E-state index in [1.165, 1.54) is 0 Å². The summed E-state index contributed by atoms with van der Waals surface area (Å²) in [4.78, 5) is 2.97. The second-order valence-corrected chi connectivity index (χ2v) is 5.47. The van der Waals surface area contributed by atoms with Crippen LogP contribution in [-0.2, 0) is 0 Å². The molecule has 0 radical (unpaired) electrons. The number of aromatic nitrogens is 2. The number of nitrogens with zero attached hydrogens (tertiary/aromatic N) is 1. The summed E-state index contributed by atoms with van der Waals surface area (Å²) in [5, 5.41) is 10.3. The molecule has 2 N–H and O–H groups in total. The van der Waals surface area contributed by atoms with Gasteiger partial charge in [0, 0.05) is 17.2 Å². The monoisotopic (exact) mass is 246 g/mol. The zero-order valence-corrected chi connectivity index (χ0v) is 10.6. The van der Waals surface area contributed by atoms with E-state index < -0.39 is 6.10 Å². The number of hydrogen-bond donors (Lipinski definition) is 2. The van der Waals surface area contributed by atoms with E-state index >= 15 is 0 Å². The number of fused-ring (bicyclic) bond motifs is 2. The Labute approximate surface area is 105 Å². The lowest BCUT2D eigenvalue weighted by Gasteiger charge is -2.13. The summed E-state index contributed by atoms with van der Waals surface area (Å²) in [6.45, 7) is 4.26. The number of aromatic amines is 1. The first-order valence-corrected chi connectivity index (χ1v) is 6.02. The molecule has 1 aromatic heterocycles. The Hall–Kier alpha value is -1.39. The molecule has 3 rings (SSSR count). The van der Waals surface area contributed by atoms with Crippen molar-refractivity contribution < 1.29 is 5.11 Å². The van der Waals surface area contributed by atoms with Crippen molar-refractivity contribution in [2.24, 2.45) is 5.41 Å². The van der Waals surface area contributed by atoms with E-state index in [0.29, 0.717) is 4.77 Å². The van der Waals surface area contributed by atoms with Gasteiger partial charge in [0.15, 0.2) is 4.77 Å². The number of hydrogen-bond acceptors (Lipinski definition) is 2. The fourth-order valence-corrected chi connectivity index (χ4v) is 2.52. The van der Waals surface area contributed by atoms with Gasteiger partial charge in [-0.15, -0.1) is 0 Å². The second-order valence-electron chi connectivity index (χ2n) is 5.09. The van der Waals surface area contributed by atoms with E-state index in [9.17, 15) is 5.11 Å². The highest BCUT2D eigenvalue weighted by atomic mass is 32.1. The number of aliphatic hydroxyl groups is 1. The topological polar surface area (TPSA) is 41.0 Å². The summed E-state index contributed by atoms with van der Waals surface area (Å²) in [5.41, 5.74) is 2.71. The molecule has 17 heavy (non-hydrogen) atoms. The number of allylic oxidation sites excluding steroid dienone is 4. The van der Waals surface area contributed by atoms with Crippen molar-refractivity contribution >= 4 is 17.9 Å². The van der Waals surface area contributed by atoms with Crippen LogP contribution in [0.1, 0.15) is 25.6 Å². The van der Waals surface area contributed by atoms with Gasteiger partial charge in [-0.3, -0.25) is 4.57 Å². The lowest BCUT2D eigenvalue weighted by Crippen LogP contribution is -2.03. The molecule has 0 saturated carbocycles. The lowest BCUT2D eigenvalue weighted by atomic mass is 9.93. The molecule has 88 valence electrons. The molecule has 1 atom stereocenters. The van der Waals surface area contributed by atoms with Crippen LogP contribution in [-0.4, -0.2) is 14.7 Å². The largest absolute Gasteiger partial charge is 0.382 e. The van der Waals surface area contributed by atoms with Crippen LogP contribution >= 0.6 is 12.2 Å². The van der Waals surface area contributed by atoms with E-state index in [0.717, 1.165) is 17.0 Å². The van der Waals surface area contributed by atoms with Gasteiger partial charge in [0.25, 0.3) is 0 Å². The predicted octanol–water partition coefficient (Wildman–Crippen LogP) is 2.96. The fourth-order valence-electron chi connectivity index (χ4n) is 2.26. The third-order valence-corrected chi connectivity index (χ3v) is 3.58. The van der Waals surface area contributed by atoms with Gasteiger partial charge in [0.1, 0.15) is 6.10 Å². The summed E-state index contributed by atoms with van der Waals surface area (Å²) in [6.07, 6.45) is 9.46. The summed E-state index contributed by atoms with van der Waals surface area (Å²) in [6, 6.07) is 0. The zero-order chi connectivity index (χ0) is 12.2. The Morgan fingerprint density at radius 1 is 1.35 bits per heavy atom. The highest BCUT2D eigenvalue weighted by Crippen LogP contribution is 2.39. The van der Waals surface area contributed by atoms with Crippen molar-refractivity contribution in [3.05, 3.63) is 46.5 Å². The summed E-state index contributed by atoms with van der Waals surface area (Å²) < 4.78 is 2.53. The maximum absolute atomic E-state index is 10.3. The second kappa shape index (κ2) is 3.31. The Morgan fingerprint density at radius 3 is 2.82 bits per heavy atom. The molecule has 1 aromatic rings. The molecule has 2 aliphatic rings. The number of H-pyrrole nitrogens is 1. The molecule has 0 bridgehead atoms. The van der Waals surface area contributed by atoms with Crippen LogP contribution in [0, 0.1) is 10.2 Å². The standard InChI is InChI=1S/C13H14N2OS/c1-13(2)5-3-8-9(4-6-13)15-10(11(8)16)7-14-12(15)17/h3-7,11,16H,1-2H3,(H,14,17). The normalized spacial score (nSPS) is 24.8. The molecule has 4 heteroatoms. The van der Waals surface area contributed by atoms with Gasteiger partial charge in [-0.25, -0.2) is 0 Å². The summed E-state index contributed by atoms with van der Waals surface area (Å²) in [5.74, 6) is 0. The number of nitrogens with one attached hydrogen (secondary N) is 1. The van der Waals surface area contributed by atoms with Gasteiger partial charge in [-0.05, 0) is 18.3 Å². The maximum atomic E-state index is 10.3. The Balaban J connectivity index is 2.24. The van der Waals surface area contributed by atoms with Crippen LogP contribution in [0.3, 0.4) is 0 Å². The SMILES string of the molecule is CC1(C)C=CC2=C(C=C1)n1c(c[nH]c1=S)C2O. The first kappa shape index (κ1) is 10.7. The maximum Gasteiger partial charge on any atom is 0.182 e. The minimum absolute atomic E-state index is 0.00269. The van der Waals surface area contributed by atoms with Crippen LogP contribution in [0.25, 0.3) is 5.70 Å². The first-order chi connectivity index (χ1) is 7.99. The van der Waals surface area contributed by atoms with Crippen molar-refractivity contribution in [2.45, 2.75) is 20.0 Å². The summed E-state index contributed by atoms with van der Waals surface area (Å²) >= 11 is 5.24. The minimum Gasteiger partial charge on any atom is -0.382 e. The van der Waals surface area contributed by atoms with Crippen molar-refractivity contribution in [1.29, 1.82) is 0 Å². The Bertz CT molecular complexity index is 628. The lowest BCUT2D eigenvalue weighted by molar-refractivity contribution is 0.219. The van der Waals surface area contributed by atoms with Crippen LogP contribution in [0.15, 0.2) is 36.1 Å². The molecule has 3 nitrogen and oxygen atoms in total. The van der Waals surface area contributed by atoms with E-state index in [4.69, 9.17) is 12.2 Å². The van der Waals surface area contributed by atoms with Gasteiger partial charge in [-0.2, -0.15) is 0 Å². The number of aliphatic hydroxyl groups excluding tert-OH is 1. The van der Waals surface area contributed by atoms with Crippen LogP contribution in [0.4, 0.5) is 0 Å². The first-order valence-electron chi connectivity index (χ1n) is 5.61. The van der Waals surface area contributed by atoms with Gasteiger partial charge in [0.05, 0.1) is 11.4 Å². The zero-order valence-electron chi connectivity index (χ0n) is 9.77. The highest BCUT2D eigenvalue weighted by molar-refractivity contribution is 7.71. The minimum atomic E-state index is -0.590. The predicted molar refractivity (Wildman–Crippen MR) is 69.9 cm³/mol. The molecule has 1 unspecified atom stereocenters. The molecule has 1 aliphatic heterocycles. The number of rotatable bonds is 0. The fraction of sp³-hybridized carbons (Fsp3) is 0.308. The van der Waals surface area contributed by atoms with Crippen molar-refractivity contribution in [2.75, 3.05) is 0 Å². The van der Waals surface area contributed by atoms with Gasteiger partial charge in [0.2, 0.25) is 0 Å². The Morgan fingerprint density at radius 2 is 2.06 bits per heavy atom. The molecule has 0 fully saturated rings. The molecule has 0 aromatic carbocycles. The third kappa shape index (κ3) is 1.48. The van der Waals surface area contributed by atoms with E-state index in [1.54, 1.807) is 6.20 Å². The van der Waals surface area contributed by atoms with Crippen molar-refractivity contribution in [3.63, 3.8) is 0 Å². The average molecular weight is 246 g/mol. The molecular weight excluding hydrogens is 232 g/mol.